The first-order chi connectivity index (χ1) is 17.4. The lowest BCUT2D eigenvalue weighted by atomic mass is 10.0. The van der Waals surface area contributed by atoms with Gasteiger partial charge in [0.2, 0.25) is 11.8 Å². The average molecular weight is 486 g/mol. The molecule has 36 heavy (non-hydrogen) atoms. The summed E-state index contributed by atoms with van der Waals surface area (Å²) in [5.41, 5.74) is 4.39. The molecule has 1 N–H and O–H groups in total. The van der Waals surface area contributed by atoms with Crippen LogP contribution in [0.4, 0.5) is 5.69 Å². The molecule has 8 nitrogen and oxygen atoms in total. The molecule has 0 fully saturated rings. The van der Waals surface area contributed by atoms with E-state index in [1.165, 1.54) is 4.68 Å². The van der Waals surface area contributed by atoms with Gasteiger partial charge in [0.25, 0.3) is 5.56 Å². The monoisotopic (exact) mass is 485 g/mol. The molecule has 1 aliphatic heterocycles. The molecule has 0 saturated carbocycles. The van der Waals surface area contributed by atoms with Crippen LogP contribution in [0.25, 0.3) is 5.69 Å². The Hall–Kier alpha value is -4.46. The van der Waals surface area contributed by atoms with Crippen LogP contribution in [0.2, 0.25) is 0 Å². The Labute approximate surface area is 208 Å². The SMILES string of the molecule is COc1cccc(NC(=O)Cn2c3c(c(=O)n2-c2ccc(C)cc2C)Cc2cccc(OC)c2O3)c1. The fourth-order valence-electron chi connectivity index (χ4n) is 4.57. The number of nitrogens with zero attached hydrogens (tertiary/aromatic N) is 2. The Kier molecular flexibility index (Phi) is 6.01. The molecule has 1 amide bonds. The third-order valence-corrected chi connectivity index (χ3v) is 6.26. The smallest absolute Gasteiger partial charge is 0.278 e. The summed E-state index contributed by atoms with van der Waals surface area (Å²) in [5, 5.41) is 2.89. The molecule has 0 unspecified atom stereocenters. The lowest BCUT2D eigenvalue weighted by Crippen LogP contribution is -2.28. The number of ether oxygens (including phenoxy) is 3. The molecule has 1 aliphatic rings. The molecule has 0 bridgehead atoms. The van der Waals surface area contributed by atoms with Gasteiger partial charge in [0, 0.05) is 23.7 Å². The van der Waals surface area contributed by atoms with Crippen molar-refractivity contribution < 1.29 is 19.0 Å². The van der Waals surface area contributed by atoms with Crippen LogP contribution in [0.5, 0.6) is 23.1 Å². The van der Waals surface area contributed by atoms with E-state index < -0.39 is 0 Å². The molecule has 0 aliphatic carbocycles. The van der Waals surface area contributed by atoms with E-state index in [1.54, 1.807) is 43.2 Å². The number of nitrogens with one attached hydrogen (secondary N) is 1. The van der Waals surface area contributed by atoms with Crippen LogP contribution < -0.4 is 25.1 Å². The molecule has 8 heteroatoms. The Bertz CT molecular complexity index is 1530. The zero-order valence-corrected chi connectivity index (χ0v) is 20.6. The summed E-state index contributed by atoms with van der Waals surface area (Å²) in [7, 11) is 3.14. The van der Waals surface area contributed by atoms with Crippen LogP contribution in [0.15, 0.2) is 65.5 Å². The highest BCUT2D eigenvalue weighted by molar-refractivity contribution is 5.90. The number of amides is 1. The van der Waals surface area contributed by atoms with Crippen molar-refractivity contribution in [3.8, 4) is 28.8 Å². The summed E-state index contributed by atoms with van der Waals surface area (Å²) in [6, 6.07) is 18.5. The van der Waals surface area contributed by atoms with Crippen molar-refractivity contribution in [3.05, 3.63) is 93.3 Å². The molecule has 0 atom stereocenters. The van der Waals surface area contributed by atoms with Gasteiger partial charge in [-0.25, -0.2) is 9.36 Å². The molecule has 0 radical (unpaired) electrons. The second kappa shape index (κ2) is 9.30. The van der Waals surface area contributed by atoms with Gasteiger partial charge in [-0.15, -0.1) is 0 Å². The van der Waals surface area contributed by atoms with Crippen LogP contribution in [0.1, 0.15) is 22.3 Å². The molecule has 5 rings (SSSR count). The largest absolute Gasteiger partial charge is 0.497 e. The van der Waals surface area contributed by atoms with Crippen molar-refractivity contribution in [2.45, 2.75) is 26.8 Å². The van der Waals surface area contributed by atoms with Crippen molar-refractivity contribution in [1.29, 1.82) is 0 Å². The van der Waals surface area contributed by atoms with Crippen molar-refractivity contribution in [1.82, 2.24) is 9.36 Å². The molecular formula is C28H27N3O5. The fraction of sp³-hybridized carbons (Fsp3) is 0.214. The molecule has 2 heterocycles. The van der Waals surface area contributed by atoms with Gasteiger partial charge in [0.05, 0.1) is 25.5 Å². The highest BCUT2D eigenvalue weighted by atomic mass is 16.5. The van der Waals surface area contributed by atoms with Gasteiger partial charge in [-0.1, -0.05) is 35.9 Å². The van der Waals surface area contributed by atoms with E-state index >= 15 is 0 Å². The lowest BCUT2D eigenvalue weighted by Gasteiger charge is -2.21. The quantitative estimate of drug-likeness (QED) is 0.380. The van der Waals surface area contributed by atoms with Crippen molar-refractivity contribution >= 4 is 11.6 Å². The maximum Gasteiger partial charge on any atom is 0.278 e. The minimum atomic E-state index is -0.311. The lowest BCUT2D eigenvalue weighted by molar-refractivity contribution is -0.117. The average Bonchev–Trinajstić information content (AvgIpc) is 3.12. The molecule has 0 spiro atoms. The number of fused-ring (bicyclic) bond motifs is 2. The van der Waals surface area contributed by atoms with E-state index in [9.17, 15) is 9.59 Å². The Balaban J connectivity index is 1.61. The number of anilines is 1. The predicted molar refractivity (Wildman–Crippen MR) is 137 cm³/mol. The Morgan fingerprint density at radius 1 is 1.03 bits per heavy atom. The van der Waals surface area contributed by atoms with Gasteiger partial charge in [0.15, 0.2) is 11.5 Å². The molecule has 3 aromatic carbocycles. The standard InChI is InChI=1S/C28H27N3O5/c1-17-11-12-23(18(2)13-17)31-27(33)22-14-19-7-5-10-24(35-4)26(19)36-28(22)30(31)16-25(32)29-20-8-6-9-21(15-20)34-3/h5-13,15H,14,16H2,1-4H3,(H,29,32). The summed E-state index contributed by atoms with van der Waals surface area (Å²) in [6.07, 6.45) is 0.371. The van der Waals surface area contributed by atoms with E-state index in [2.05, 4.69) is 5.32 Å². The van der Waals surface area contributed by atoms with Crippen molar-refractivity contribution in [3.63, 3.8) is 0 Å². The number of aryl methyl sites for hydroxylation is 2. The topological polar surface area (TPSA) is 83.7 Å². The fourth-order valence-corrected chi connectivity index (χ4v) is 4.57. The van der Waals surface area contributed by atoms with E-state index in [0.29, 0.717) is 46.5 Å². The predicted octanol–water partition coefficient (Wildman–Crippen LogP) is 4.61. The maximum absolute atomic E-state index is 13.7. The minimum absolute atomic E-state index is 0.139. The first-order valence-electron chi connectivity index (χ1n) is 11.6. The second-order valence-electron chi connectivity index (χ2n) is 8.76. The van der Waals surface area contributed by atoms with E-state index in [0.717, 1.165) is 16.7 Å². The van der Waals surface area contributed by atoms with Crippen LogP contribution in [0, 0.1) is 13.8 Å². The third kappa shape index (κ3) is 4.11. The Morgan fingerprint density at radius 2 is 1.83 bits per heavy atom. The first-order valence-corrected chi connectivity index (χ1v) is 11.6. The highest BCUT2D eigenvalue weighted by Gasteiger charge is 2.31. The zero-order valence-electron chi connectivity index (χ0n) is 20.6. The first kappa shape index (κ1) is 23.3. The zero-order chi connectivity index (χ0) is 25.4. The van der Waals surface area contributed by atoms with Gasteiger partial charge in [0.1, 0.15) is 12.3 Å². The number of carbonyl (C=O) groups is 1. The molecule has 184 valence electrons. The summed E-state index contributed by atoms with van der Waals surface area (Å²) in [4.78, 5) is 26.9. The van der Waals surface area contributed by atoms with Gasteiger partial charge in [-0.2, -0.15) is 0 Å². The second-order valence-corrected chi connectivity index (χ2v) is 8.76. The molecule has 0 saturated heterocycles. The number of methoxy groups -OCH3 is 2. The number of hydrogen-bond donors (Lipinski definition) is 1. The van der Waals surface area contributed by atoms with Crippen LogP contribution in [-0.4, -0.2) is 29.5 Å². The summed E-state index contributed by atoms with van der Waals surface area (Å²) < 4.78 is 20.2. The number of aromatic nitrogens is 2. The van der Waals surface area contributed by atoms with Gasteiger partial charge >= 0.3 is 0 Å². The van der Waals surface area contributed by atoms with Crippen molar-refractivity contribution in [2.24, 2.45) is 0 Å². The molecule has 1 aromatic heterocycles. The molecular weight excluding hydrogens is 458 g/mol. The number of para-hydroxylation sites is 1. The van der Waals surface area contributed by atoms with Gasteiger partial charge in [-0.05, 0) is 43.7 Å². The minimum Gasteiger partial charge on any atom is -0.497 e. The summed E-state index contributed by atoms with van der Waals surface area (Å²) >= 11 is 0. The van der Waals surface area contributed by atoms with Crippen LogP contribution in [-0.2, 0) is 17.8 Å². The van der Waals surface area contributed by atoms with Crippen molar-refractivity contribution in [2.75, 3.05) is 19.5 Å². The number of benzene rings is 3. The molecule has 4 aromatic rings. The van der Waals surface area contributed by atoms with E-state index in [1.807, 2.05) is 50.2 Å². The number of hydrogen-bond acceptors (Lipinski definition) is 5. The Morgan fingerprint density at radius 3 is 2.58 bits per heavy atom. The van der Waals surface area contributed by atoms with Crippen LogP contribution >= 0.6 is 0 Å². The van der Waals surface area contributed by atoms with E-state index in [-0.39, 0.29) is 18.0 Å². The third-order valence-electron chi connectivity index (χ3n) is 6.26. The van der Waals surface area contributed by atoms with Gasteiger partial charge < -0.3 is 19.5 Å². The maximum atomic E-state index is 13.7. The van der Waals surface area contributed by atoms with Gasteiger partial charge in [-0.3, -0.25) is 9.59 Å². The van der Waals surface area contributed by atoms with Crippen LogP contribution in [0.3, 0.4) is 0 Å². The number of carbonyl (C=O) groups excluding carboxylic acids is 1. The highest BCUT2D eigenvalue weighted by Crippen LogP contribution is 2.42. The summed E-state index contributed by atoms with van der Waals surface area (Å²) in [6.45, 7) is 3.80. The number of rotatable bonds is 6. The van der Waals surface area contributed by atoms with E-state index in [4.69, 9.17) is 14.2 Å². The normalized spacial score (nSPS) is 11.8. The summed E-state index contributed by atoms with van der Waals surface area (Å²) in [5.74, 6) is 1.77.